The van der Waals surface area contributed by atoms with Crippen molar-refractivity contribution in [3.05, 3.63) is 64.7 Å². The number of carbonyl (C=O) groups is 2. The van der Waals surface area contributed by atoms with E-state index in [0.717, 1.165) is 9.87 Å². The minimum Gasteiger partial charge on any atom is -0.354 e. The summed E-state index contributed by atoms with van der Waals surface area (Å²) < 4.78 is 25.5. The van der Waals surface area contributed by atoms with Crippen LogP contribution in [0.15, 0.2) is 53.4 Å². The zero-order valence-corrected chi connectivity index (χ0v) is 19.0. The third-order valence-corrected chi connectivity index (χ3v) is 6.70. The van der Waals surface area contributed by atoms with Crippen molar-refractivity contribution in [2.75, 3.05) is 27.2 Å². The maximum Gasteiger partial charge on any atom is 0.251 e. The molecule has 9 heteroatoms. The predicted molar refractivity (Wildman–Crippen MR) is 117 cm³/mol. The van der Waals surface area contributed by atoms with Gasteiger partial charge in [0.1, 0.15) is 0 Å². The summed E-state index contributed by atoms with van der Waals surface area (Å²) in [5.74, 6) is -0.875. The second-order valence-corrected chi connectivity index (χ2v) is 10.3. The van der Waals surface area contributed by atoms with Gasteiger partial charge in [-0.25, -0.2) is 12.7 Å². The van der Waals surface area contributed by atoms with E-state index in [9.17, 15) is 18.0 Å². The van der Waals surface area contributed by atoms with Crippen LogP contribution in [0.2, 0.25) is 5.02 Å². The Morgan fingerprint density at radius 2 is 1.67 bits per heavy atom. The minimum absolute atomic E-state index is 0.00863. The fraction of sp³-hybridized carbons (Fsp3) is 0.333. The summed E-state index contributed by atoms with van der Waals surface area (Å²) in [5.41, 5.74) is 0.862. The molecule has 2 aromatic rings. The second kappa shape index (κ2) is 9.59. The Balaban J connectivity index is 1.93. The van der Waals surface area contributed by atoms with Gasteiger partial charge >= 0.3 is 0 Å². The van der Waals surface area contributed by atoms with Crippen LogP contribution in [0.4, 0.5) is 0 Å². The quantitative estimate of drug-likeness (QED) is 0.644. The molecule has 30 heavy (non-hydrogen) atoms. The van der Waals surface area contributed by atoms with Gasteiger partial charge in [-0.1, -0.05) is 43.6 Å². The molecule has 0 aliphatic heterocycles. The zero-order valence-electron chi connectivity index (χ0n) is 17.4. The van der Waals surface area contributed by atoms with Crippen LogP contribution in [0.5, 0.6) is 0 Å². The molecule has 0 aromatic heterocycles. The molecule has 0 heterocycles. The average Bonchev–Trinajstić information content (AvgIpc) is 2.70. The van der Waals surface area contributed by atoms with E-state index in [-0.39, 0.29) is 28.3 Å². The van der Waals surface area contributed by atoms with Gasteiger partial charge in [0.05, 0.1) is 11.4 Å². The lowest BCUT2D eigenvalue weighted by Gasteiger charge is -2.25. The van der Waals surface area contributed by atoms with Gasteiger partial charge in [0.15, 0.2) is 0 Å². The molecule has 0 bridgehead atoms. The van der Waals surface area contributed by atoms with Crippen LogP contribution in [0.25, 0.3) is 0 Å². The van der Waals surface area contributed by atoms with Crippen molar-refractivity contribution < 1.29 is 18.0 Å². The number of halogens is 1. The Morgan fingerprint density at radius 1 is 1.03 bits per heavy atom. The molecule has 0 radical (unpaired) electrons. The van der Waals surface area contributed by atoms with Crippen molar-refractivity contribution in [1.29, 1.82) is 0 Å². The fourth-order valence-corrected chi connectivity index (χ4v) is 3.73. The van der Waals surface area contributed by atoms with Crippen LogP contribution in [-0.2, 0) is 20.2 Å². The normalized spacial score (nSPS) is 11.9. The van der Waals surface area contributed by atoms with Gasteiger partial charge in [-0.15, -0.1) is 0 Å². The molecule has 7 nitrogen and oxygen atoms in total. The molecule has 2 rings (SSSR count). The van der Waals surface area contributed by atoms with Gasteiger partial charge in [0, 0.05) is 36.6 Å². The summed E-state index contributed by atoms with van der Waals surface area (Å²) in [6.45, 7) is 4.14. The predicted octanol–water partition coefficient (Wildman–Crippen LogP) is 2.41. The number of sulfonamides is 1. The van der Waals surface area contributed by atoms with Gasteiger partial charge in [-0.05, 0) is 35.9 Å². The Hall–Kier alpha value is -2.42. The summed E-state index contributed by atoms with van der Waals surface area (Å²) in [4.78, 5) is 24.5. The van der Waals surface area contributed by atoms with Gasteiger partial charge in [-0.3, -0.25) is 9.59 Å². The van der Waals surface area contributed by atoms with Crippen LogP contribution < -0.4 is 10.6 Å². The van der Waals surface area contributed by atoms with Crippen LogP contribution in [0.1, 0.15) is 29.8 Å². The lowest BCUT2D eigenvalue weighted by Crippen LogP contribution is -2.42. The number of amides is 2. The molecule has 2 aromatic carbocycles. The molecule has 0 atom stereocenters. The fourth-order valence-electron chi connectivity index (χ4n) is 2.66. The number of hydrogen-bond donors (Lipinski definition) is 2. The summed E-state index contributed by atoms with van der Waals surface area (Å²) >= 11 is 5.92. The lowest BCUT2D eigenvalue weighted by atomic mass is 9.84. The number of rotatable bonds is 8. The van der Waals surface area contributed by atoms with Crippen molar-refractivity contribution in [2.45, 2.75) is 24.2 Å². The van der Waals surface area contributed by atoms with E-state index in [4.69, 9.17) is 11.6 Å². The molecule has 0 aliphatic carbocycles. The number of hydrogen-bond acceptors (Lipinski definition) is 4. The Bertz CT molecular complexity index is 1020. The molecule has 0 spiro atoms. The van der Waals surface area contributed by atoms with E-state index >= 15 is 0 Å². The third kappa shape index (κ3) is 6.04. The van der Waals surface area contributed by atoms with Crippen molar-refractivity contribution >= 4 is 33.4 Å². The molecule has 2 N–H and O–H groups in total. The first-order valence-corrected chi connectivity index (χ1v) is 11.1. The molecular weight excluding hydrogens is 426 g/mol. The second-order valence-electron chi connectivity index (χ2n) is 7.67. The van der Waals surface area contributed by atoms with Crippen molar-refractivity contribution in [3.63, 3.8) is 0 Å². The molecule has 2 amide bonds. The number of carbonyl (C=O) groups excluding carboxylic acids is 2. The highest BCUT2D eigenvalue weighted by molar-refractivity contribution is 7.89. The highest BCUT2D eigenvalue weighted by atomic mass is 35.5. The van der Waals surface area contributed by atoms with Crippen LogP contribution in [0, 0.1) is 0 Å². The number of benzene rings is 2. The van der Waals surface area contributed by atoms with E-state index in [1.807, 2.05) is 26.0 Å². The Morgan fingerprint density at radius 3 is 2.27 bits per heavy atom. The number of nitrogens with zero attached hydrogens (tertiary/aromatic N) is 1. The summed E-state index contributed by atoms with van der Waals surface area (Å²) in [6, 6.07) is 13.1. The molecule has 0 saturated heterocycles. The summed E-state index contributed by atoms with van der Waals surface area (Å²) in [6.07, 6.45) is 0. The van der Waals surface area contributed by atoms with Gasteiger partial charge in [-0.2, -0.15) is 0 Å². The first kappa shape index (κ1) is 23.9. The molecule has 0 fully saturated rings. The highest BCUT2D eigenvalue weighted by Gasteiger charge is 2.22. The van der Waals surface area contributed by atoms with Crippen molar-refractivity contribution in [2.24, 2.45) is 0 Å². The lowest BCUT2D eigenvalue weighted by molar-refractivity contribution is -0.120. The minimum atomic E-state index is -3.65. The molecule has 162 valence electrons. The zero-order chi connectivity index (χ0) is 22.5. The smallest absolute Gasteiger partial charge is 0.251 e. The third-order valence-electron chi connectivity index (χ3n) is 4.64. The average molecular weight is 452 g/mol. The van der Waals surface area contributed by atoms with Crippen LogP contribution >= 0.6 is 11.6 Å². The maximum absolute atomic E-state index is 12.3. The van der Waals surface area contributed by atoms with Crippen LogP contribution in [0.3, 0.4) is 0 Å². The van der Waals surface area contributed by atoms with E-state index in [1.165, 1.54) is 38.4 Å². The monoisotopic (exact) mass is 451 g/mol. The summed E-state index contributed by atoms with van der Waals surface area (Å²) in [5, 5.41) is 5.96. The van der Waals surface area contributed by atoms with E-state index < -0.39 is 15.9 Å². The first-order valence-electron chi connectivity index (χ1n) is 9.27. The SMILES string of the molecule is CN(C)S(=O)(=O)c1cccc(C(=O)NCC(=O)NCC(C)(C)c2ccc(Cl)cc2)c1. The van der Waals surface area contributed by atoms with E-state index in [0.29, 0.717) is 11.6 Å². The van der Waals surface area contributed by atoms with Crippen molar-refractivity contribution in [1.82, 2.24) is 14.9 Å². The largest absolute Gasteiger partial charge is 0.354 e. The standard InChI is InChI=1S/C21H26ClN3O4S/c1-21(2,16-8-10-17(22)11-9-16)14-24-19(26)13-23-20(27)15-6-5-7-18(12-15)30(28,29)25(3)4/h5-12H,13-14H2,1-4H3,(H,23,27)(H,24,26). The van der Waals surface area contributed by atoms with Gasteiger partial charge in [0.25, 0.3) is 5.91 Å². The molecule has 0 aliphatic rings. The van der Waals surface area contributed by atoms with Gasteiger partial charge in [0.2, 0.25) is 15.9 Å². The molecule has 0 unspecified atom stereocenters. The maximum atomic E-state index is 12.3. The van der Waals surface area contributed by atoms with Crippen LogP contribution in [-0.4, -0.2) is 51.7 Å². The first-order chi connectivity index (χ1) is 13.9. The van der Waals surface area contributed by atoms with E-state index in [1.54, 1.807) is 12.1 Å². The topological polar surface area (TPSA) is 95.6 Å². The highest BCUT2D eigenvalue weighted by Crippen LogP contribution is 2.23. The summed E-state index contributed by atoms with van der Waals surface area (Å²) in [7, 11) is -0.823. The van der Waals surface area contributed by atoms with Crippen molar-refractivity contribution in [3.8, 4) is 0 Å². The molecular formula is C21H26ClN3O4S. The van der Waals surface area contributed by atoms with Gasteiger partial charge < -0.3 is 10.6 Å². The van der Waals surface area contributed by atoms with E-state index in [2.05, 4.69) is 10.6 Å². The molecule has 0 saturated carbocycles. The Kier molecular flexibility index (Phi) is 7.63. The Labute approximate surface area is 182 Å². The number of nitrogens with one attached hydrogen (secondary N) is 2.